The maximum Gasteiger partial charge on any atom is 0.200 e. The second-order valence-corrected chi connectivity index (χ2v) is 8.37. The van der Waals surface area contributed by atoms with Crippen LogP contribution in [0.3, 0.4) is 0 Å². The molecule has 9 heteroatoms. The number of aliphatic hydroxyl groups is 3. The summed E-state index contributed by atoms with van der Waals surface area (Å²) in [6.07, 6.45) is -2.72. The minimum Gasteiger partial charge on any atom is -0.506 e. The number of carbonyl (C=O) groups excluding carboxylic acids is 1. The number of para-hydroxylation sites is 2. The van der Waals surface area contributed by atoms with Crippen molar-refractivity contribution in [3.63, 3.8) is 0 Å². The van der Waals surface area contributed by atoms with Crippen LogP contribution in [0.5, 0.6) is 0 Å². The Bertz CT molecular complexity index is 1420. The number of aromatic amines is 1. The molecule has 2 heterocycles. The number of carbonyl (C=O) groups is 1. The minimum absolute atomic E-state index is 0.0570. The summed E-state index contributed by atoms with van der Waals surface area (Å²) in [7, 11) is 0. The van der Waals surface area contributed by atoms with Gasteiger partial charge in [-0.3, -0.25) is 4.79 Å². The van der Waals surface area contributed by atoms with Crippen LogP contribution in [-0.2, 0) is 9.47 Å². The first kappa shape index (κ1) is 23.8. The van der Waals surface area contributed by atoms with Gasteiger partial charge >= 0.3 is 0 Å². The SMILES string of the molecule is O=C(/C(=C(/O)c1cccc(C2COC(C(O)CO)O2)c1)c1nc2ccccc2[nH]1)c1cccc(F)c1. The van der Waals surface area contributed by atoms with Crippen molar-refractivity contribution in [3.8, 4) is 0 Å². The topological polar surface area (TPSA) is 125 Å². The summed E-state index contributed by atoms with van der Waals surface area (Å²) in [5.41, 5.74) is 2.15. The van der Waals surface area contributed by atoms with Gasteiger partial charge in [0.05, 0.1) is 24.2 Å². The lowest BCUT2D eigenvalue weighted by Crippen LogP contribution is -2.30. The van der Waals surface area contributed by atoms with Gasteiger partial charge in [-0.1, -0.05) is 42.5 Å². The van der Waals surface area contributed by atoms with E-state index in [-0.39, 0.29) is 29.3 Å². The van der Waals surface area contributed by atoms with E-state index in [2.05, 4.69) is 9.97 Å². The third-order valence-electron chi connectivity index (χ3n) is 5.92. The van der Waals surface area contributed by atoms with Crippen LogP contribution in [0.25, 0.3) is 22.4 Å². The molecule has 1 aliphatic rings. The molecule has 3 unspecified atom stereocenters. The highest BCUT2D eigenvalue weighted by atomic mass is 19.1. The number of fused-ring (bicyclic) bond motifs is 1. The molecule has 184 valence electrons. The number of halogens is 1. The molecule has 1 aliphatic heterocycles. The smallest absolute Gasteiger partial charge is 0.200 e. The molecule has 1 fully saturated rings. The number of nitrogens with one attached hydrogen (secondary N) is 1. The number of allylic oxidation sites excluding steroid dienone is 1. The number of ketones is 1. The van der Waals surface area contributed by atoms with Gasteiger partial charge in [-0.15, -0.1) is 0 Å². The standard InChI is InChI=1S/C27H23FN2O6/c28-18-8-4-7-17(12-18)25(34)23(26-29-19-9-1-2-10-20(19)30-26)24(33)16-6-3-5-15(11-16)22-14-35-27(36-22)21(32)13-31/h1-12,21-22,27,31-33H,13-14H2,(H,29,30)/b24-23-. The fraction of sp³-hybridized carbons (Fsp3) is 0.185. The Labute approximate surface area is 205 Å². The molecule has 0 aliphatic carbocycles. The first-order valence-electron chi connectivity index (χ1n) is 11.3. The molecule has 0 spiro atoms. The Morgan fingerprint density at radius 3 is 2.64 bits per heavy atom. The molecule has 4 N–H and O–H groups in total. The number of H-pyrrole nitrogens is 1. The summed E-state index contributed by atoms with van der Waals surface area (Å²) >= 11 is 0. The van der Waals surface area contributed by atoms with Gasteiger partial charge in [0, 0.05) is 11.1 Å². The van der Waals surface area contributed by atoms with Gasteiger partial charge in [0.25, 0.3) is 0 Å². The van der Waals surface area contributed by atoms with Gasteiger partial charge in [-0.05, 0) is 35.9 Å². The van der Waals surface area contributed by atoms with Crippen LogP contribution in [-0.4, -0.2) is 56.7 Å². The van der Waals surface area contributed by atoms with E-state index >= 15 is 0 Å². The van der Waals surface area contributed by atoms with Crippen LogP contribution in [0.2, 0.25) is 0 Å². The number of Topliss-reactive ketones (excluding diaryl/α,β-unsaturated/α-hetero) is 1. The van der Waals surface area contributed by atoms with Gasteiger partial charge in [0.15, 0.2) is 6.29 Å². The lowest BCUT2D eigenvalue weighted by Gasteiger charge is -2.16. The number of aromatic nitrogens is 2. The molecular weight excluding hydrogens is 467 g/mol. The second-order valence-electron chi connectivity index (χ2n) is 8.37. The number of aliphatic hydroxyl groups excluding tert-OH is 3. The molecule has 0 radical (unpaired) electrons. The Kier molecular flexibility index (Phi) is 6.62. The number of nitrogens with zero attached hydrogens (tertiary/aromatic N) is 1. The van der Waals surface area contributed by atoms with Gasteiger partial charge in [0.2, 0.25) is 5.78 Å². The maximum absolute atomic E-state index is 13.9. The van der Waals surface area contributed by atoms with Crippen molar-refractivity contribution in [1.29, 1.82) is 0 Å². The van der Waals surface area contributed by atoms with E-state index < -0.39 is 36.7 Å². The average molecular weight is 490 g/mol. The van der Waals surface area contributed by atoms with E-state index in [1.165, 1.54) is 18.2 Å². The van der Waals surface area contributed by atoms with Crippen molar-refractivity contribution < 1.29 is 34.0 Å². The van der Waals surface area contributed by atoms with Crippen LogP contribution in [0, 0.1) is 5.82 Å². The first-order valence-corrected chi connectivity index (χ1v) is 11.3. The summed E-state index contributed by atoms with van der Waals surface area (Å²) in [5.74, 6) is -1.40. The van der Waals surface area contributed by atoms with E-state index in [1.807, 2.05) is 6.07 Å². The van der Waals surface area contributed by atoms with Crippen molar-refractivity contribution in [2.45, 2.75) is 18.5 Å². The van der Waals surface area contributed by atoms with Crippen molar-refractivity contribution in [2.75, 3.05) is 13.2 Å². The summed E-state index contributed by atoms with van der Waals surface area (Å²) in [6, 6.07) is 19.1. The molecule has 5 rings (SSSR count). The van der Waals surface area contributed by atoms with Crippen molar-refractivity contribution >= 4 is 28.1 Å². The largest absolute Gasteiger partial charge is 0.506 e. The molecule has 1 saturated heterocycles. The number of benzene rings is 3. The predicted molar refractivity (Wildman–Crippen MR) is 129 cm³/mol. The number of hydrogen-bond acceptors (Lipinski definition) is 7. The predicted octanol–water partition coefficient (Wildman–Crippen LogP) is 3.78. The number of imidazole rings is 1. The van der Waals surface area contributed by atoms with Crippen LogP contribution in [0.1, 0.15) is 33.4 Å². The van der Waals surface area contributed by atoms with Crippen LogP contribution in [0.4, 0.5) is 4.39 Å². The second kappa shape index (κ2) is 10.00. The van der Waals surface area contributed by atoms with E-state index in [0.29, 0.717) is 22.2 Å². The third kappa shape index (κ3) is 4.65. The molecular formula is C27H23FN2O6. The minimum atomic E-state index is -1.19. The molecule has 3 aromatic carbocycles. The normalized spacial score (nSPS) is 19.3. The van der Waals surface area contributed by atoms with E-state index in [0.717, 1.165) is 6.07 Å². The van der Waals surface area contributed by atoms with Crippen LogP contribution < -0.4 is 0 Å². The Morgan fingerprint density at radius 1 is 1.08 bits per heavy atom. The van der Waals surface area contributed by atoms with Crippen LogP contribution >= 0.6 is 0 Å². The van der Waals surface area contributed by atoms with E-state index in [1.54, 1.807) is 42.5 Å². The van der Waals surface area contributed by atoms with E-state index in [9.17, 15) is 19.4 Å². The van der Waals surface area contributed by atoms with Crippen LogP contribution in [0.15, 0.2) is 72.8 Å². The van der Waals surface area contributed by atoms with Gasteiger partial charge in [0.1, 0.15) is 35.2 Å². The van der Waals surface area contributed by atoms with Crippen molar-refractivity contribution in [1.82, 2.24) is 9.97 Å². The molecule has 3 atom stereocenters. The van der Waals surface area contributed by atoms with Gasteiger partial charge in [-0.2, -0.15) is 0 Å². The Morgan fingerprint density at radius 2 is 1.86 bits per heavy atom. The molecule has 36 heavy (non-hydrogen) atoms. The fourth-order valence-electron chi connectivity index (χ4n) is 4.09. The molecule has 1 aromatic heterocycles. The van der Waals surface area contributed by atoms with Gasteiger partial charge < -0.3 is 29.8 Å². The maximum atomic E-state index is 13.9. The lowest BCUT2D eigenvalue weighted by molar-refractivity contribution is -0.142. The summed E-state index contributed by atoms with van der Waals surface area (Å²) in [6.45, 7) is -0.377. The molecule has 8 nitrogen and oxygen atoms in total. The highest BCUT2D eigenvalue weighted by Crippen LogP contribution is 2.32. The molecule has 0 bridgehead atoms. The summed E-state index contributed by atoms with van der Waals surface area (Å²) < 4.78 is 25.0. The highest BCUT2D eigenvalue weighted by Gasteiger charge is 2.32. The summed E-state index contributed by atoms with van der Waals surface area (Å²) in [5, 5.41) is 30.3. The van der Waals surface area contributed by atoms with E-state index in [4.69, 9.17) is 14.6 Å². The fourth-order valence-corrected chi connectivity index (χ4v) is 4.09. The zero-order valence-corrected chi connectivity index (χ0v) is 19.0. The highest BCUT2D eigenvalue weighted by molar-refractivity contribution is 6.33. The molecule has 4 aromatic rings. The number of ether oxygens (including phenoxy) is 2. The zero-order valence-electron chi connectivity index (χ0n) is 19.0. The monoisotopic (exact) mass is 490 g/mol. The summed E-state index contributed by atoms with van der Waals surface area (Å²) in [4.78, 5) is 21.1. The lowest BCUT2D eigenvalue weighted by atomic mass is 9.97. The quantitative estimate of drug-likeness (QED) is 0.177. The Balaban J connectivity index is 1.58. The van der Waals surface area contributed by atoms with Crippen molar-refractivity contribution in [2.24, 2.45) is 0 Å². The van der Waals surface area contributed by atoms with Crippen molar-refractivity contribution in [3.05, 3.63) is 101 Å². The third-order valence-corrected chi connectivity index (χ3v) is 5.92. The number of rotatable bonds is 7. The Hall–Kier alpha value is -3.89. The number of hydrogen-bond donors (Lipinski definition) is 4. The van der Waals surface area contributed by atoms with Gasteiger partial charge in [-0.25, -0.2) is 9.37 Å². The zero-order chi connectivity index (χ0) is 25.2. The molecule has 0 amide bonds. The average Bonchev–Trinajstić information content (AvgIpc) is 3.56. The molecule has 0 saturated carbocycles. The first-order chi connectivity index (χ1) is 17.4.